The molecule has 150 valence electrons. The maximum absolute atomic E-state index is 3.79. The van der Waals surface area contributed by atoms with Crippen LogP contribution in [0.15, 0.2) is 84.9 Å². The predicted octanol–water partition coefficient (Wildman–Crippen LogP) is 2.11. The zero-order valence-corrected chi connectivity index (χ0v) is 18.9. The molecule has 0 fully saturated rings. The molecule has 3 heterocycles. The van der Waals surface area contributed by atoms with Crippen LogP contribution >= 0.6 is 0 Å². The quantitative estimate of drug-likeness (QED) is 0.327. The largest absolute Gasteiger partial charge is 1.00 e. The first-order valence-corrected chi connectivity index (χ1v) is 10.5. The molecule has 0 saturated heterocycles. The minimum Gasteiger partial charge on any atom is -1.00 e. The van der Waals surface area contributed by atoms with Gasteiger partial charge in [-0.05, 0) is 29.3 Å². The number of halogens is 1. The molecule has 3 aromatic carbocycles. The third kappa shape index (κ3) is 3.14. The molecule has 30 heavy (non-hydrogen) atoms. The Morgan fingerprint density at radius 3 is 2.33 bits per heavy atom. The molecule has 0 unspecified atom stereocenters. The molecule has 3 nitrogen and oxygen atoms in total. The van der Waals surface area contributed by atoms with Crippen molar-refractivity contribution in [2.75, 3.05) is 18.0 Å². The van der Waals surface area contributed by atoms with E-state index in [1.807, 2.05) is 0 Å². The van der Waals surface area contributed by atoms with Crippen LogP contribution in [-0.2, 0) is 6.42 Å². The molecule has 0 spiro atoms. The number of fused-ring (bicyclic) bond motifs is 5. The van der Waals surface area contributed by atoms with Crippen LogP contribution in [0.2, 0.25) is 0 Å². The van der Waals surface area contributed by atoms with E-state index >= 15 is 0 Å². The summed E-state index contributed by atoms with van der Waals surface area (Å²) >= 11 is 0. The second kappa shape index (κ2) is 7.91. The van der Waals surface area contributed by atoms with Gasteiger partial charge in [-0.3, -0.25) is 4.58 Å². The van der Waals surface area contributed by atoms with E-state index in [1.165, 1.54) is 33.4 Å². The van der Waals surface area contributed by atoms with Gasteiger partial charge in [0.2, 0.25) is 6.34 Å². The van der Waals surface area contributed by atoms with Gasteiger partial charge in [-0.2, -0.15) is 0 Å². The van der Waals surface area contributed by atoms with Gasteiger partial charge in [0.25, 0.3) is 0 Å². The van der Waals surface area contributed by atoms with Crippen molar-refractivity contribution >= 4 is 22.9 Å². The second-order valence-electron chi connectivity index (χ2n) is 8.12. The van der Waals surface area contributed by atoms with Crippen molar-refractivity contribution in [3.8, 4) is 0 Å². The molecular formula is C26H24IN3. The average molecular weight is 505 g/mol. The normalized spacial score (nSPS) is 20.1. The van der Waals surface area contributed by atoms with Gasteiger partial charge in [0.05, 0.1) is 18.2 Å². The Labute approximate surface area is 194 Å². The topological polar surface area (TPSA) is 22.0 Å². The second-order valence-corrected chi connectivity index (χ2v) is 8.12. The summed E-state index contributed by atoms with van der Waals surface area (Å²) < 4.78 is 2.55. The van der Waals surface area contributed by atoms with Gasteiger partial charge < -0.3 is 29.0 Å². The van der Waals surface area contributed by atoms with E-state index in [4.69, 9.17) is 0 Å². The van der Waals surface area contributed by atoms with E-state index in [2.05, 4.69) is 106 Å². The van der Waals surface area contributed by atoms with E-state index < -0.39 is 0 Å². The van der Waals surface area contributed by atoms with Crippen LogP contribution < -0.4 is 28.9 Å². The van der Waals surface area contributed by atoms with Crippen molar-refractivity contribution in [3.63, 3.8) is 0 Å². The van der Waals surface area contributed by atoms with Gasteiger partial charge in [0.15, 0.2) is 0 Å². The summed E-state index contributed by atoms with van der Waals surface area (Å²) in [7, 11) is 0. The Morgan fingerprint density at radius 1 is 0.833 bits per heavy atom. The Hall–Kier alpha value is -2.60. The van der Waals surface area contributed by atoms with Crippen LogP contribution in [0.1, 0.15) is 28.8 Å². The molecule has 4 aromatic rings. The summed E-state index contributed by atoms with van der Waals surface area (Å²) in [6, 6.07) is 30.9. The lowest BCUT2D eigenvalue weighted by molar-refractivity contribution is -0.580. The first kappa shape index (κ1) is 19.4. The maximum Gasteiger partial charge on any atom is 0.239 e. The fourth-order valence-electron chi connectivity index (χ4n) is 5.17. The number of H-pyrrole nitrogens is 1. The lowest BCUT2D eigenvalue weighted by Gasteiger charge is -2.37. The van der Waals surface area contributed by atoms with Gasteiger partial charge >= 0.3 is 0 Å². The maximum atomic E-state index is 3.79. The van der Waals surface area contributed by atoms with Crippen molar-refractivity contribution < 1.29 is 28.6 Å². The molecule has 4 heteroatoms. The summed E-state index contributed by atoms with van der Waals surface area (Å²) in [5.74, 6) is 0.397. The molecule has 2 aliphatic rings. The smallest absolute Gasteiger partial charge is 0.239 e. The van der Waals surface area contributed by atoms with E-state index in [0.717, 1.165) is 19.5 Å². The van der Waals surface area contributed by atoms with Crippen LogP contribution in [0.4, 0.5) is 5.69 Å². The molecule has 2 atom stereocenters. The highest BCUT2D eigenvalue weighted by atomic mass is 127. The number of para-hydroxylation sites is 2. The first-order valence-electron chi connectivity index (χ1n) is 10.5. The highest BCUT2D eigenvalue weighted by molar-refractivity contribution is 5.85. The summed E-state index contributed by atoms with van der Waals surface area (Å²) in [5, 5.41) is 1.39. The van der Waals surface area contributed by atoms with Crippen LogP contribution in [0.3, 0.4) is 0 Å². The molecule has 0 radical (unpaired) electrons. The van der Waals surface area contributed by atoms with Crippen LogP contribution in [-0.4, -0.2) is 29.0 Å². The van der Waals surface area contributed by atoms with Crippen molar-refractivity contribution in [2.24, 2.45) is 0 Å². The van der Waals surface area contributed by atoms with Crippen LogP contribution in [0, 0.1) is 0 Å². The van der Waals surface area contributed by atoms with Crippen LogP contribution in [0.5, 0.6) is 0 Å². The Bertz CT molecular complexity index is 1200. The lowest BCUT2D eigenvalue weighted by Crippen LogP contribution is -3.00. The fraction of sp³-hybridized carbons (Fsp3) is 0.192. The molecule has 0 bridgehead atoms. The monoisotopic (exact) mass is 505 g/mol. The molecule has 0 saturated carbocycles. The number of nitrogens with zero attached hydrogens (tertiary/aromatic N) is 2. The first-order chi connectivity index (χ1) is 14.4. The third-order valence-electron chi connectivity index (χ3n) is 6.50. The summed E-state index contributed by atoms with van der Waals surface area (Å²) in [5.41, 5.74) is 6.83. The minimum atomic E-state index is 0. The minimum absolute atomic E-state index is 0. The third-order valence-corrected chi connectivity index (χ3v) is 6.50. The summed E-state index contributed by atoms with van der Waals surface area (Å²) in [6.45, 7) is 2.02. The van der Waals surface area contributed by atoms with Gasteiger partial charge in [-0.1, -0.05) is 66.7 Å². The fourth-order valence-corrected chi connectivity index (χ4v) is 5.17. The predicted molar refractivity (Wildman–Crippen MR) is 119 cm³/mol. The SMILES string of the molecule is C1=[N+]2CCc3c([nH]c4ccccc34)[C@@H]2[C@H](c2ccccc2)CN1c1ccccc1.[I-]. The molecule has 1 N–H and O–H groups in total. The number of hydrogen-bond acceptors (Lipinski definition) is 1. The van der Waals surface area contributed by atoms with Crippen molar-refractivity contribution in [1.82, 2.24) is 4.98 Å². The zero-order chi connectivity index (χ0) is 19.2. The molecule has 0 aliphatic carbocycles. The molecular weight excluding hydrogens is 481 g/mol. The van der Waals surface area contributed by atoms with E-state index in [9.17, 15) is 0 Å². The Kier molecular flexibility index (Phi) is 5.11. The standard InChI is InChI=1S/C26H24N3.HI/c1-3-9-19(10-4-1)23-17-29(20-11-5-2-6-12-20)18-28-16-15-22-21-13-7-8-14-24(21)27-25(22)26(23)28;/h1-14,18,23,26-27H,15-17H2;1H/q+1;/p-1/t23-,26-;/m0./s1. The average Bonchev–Trinajstić information content (AvgIpc) is 3.18. The number of aromatic amines is 1. The molecule has 0 amide bonds. The van der Waals surface area contributed by atoms with Gasteiger partial charge in [0.1, 0.15) is 18.3 Å². The van der Waals surface area contributed by atoms with Gasteiger partial charge in [0, 0.05) is 17.3 Å². The van der Waals surface area contributed by atoms with Crippen molar-refractivity contribution in [1.29, 1.82) is 0 Å². The number of nitrogens with one attached hydrogen (secondary N) is 1. The van der Waals surface area contributed by atoms with Crippen molar-refractivity contribution in [2.45, 2.75) is 18.4 Å². The highest BCUT2D eigenvalue weighted by Gasteiger charge is 2.42. The summed E-state index contributed by atoms with van der Waals surface area (Å²) in [6.07, 6.45) is 3.42. The number of anilines is 1. The number of rotatable bonds is 2. The van der Waals surface area contributed by atoms with Gasteiger partial charge in [-0.15, -0.1) is 0 Å². The van der Waals surface area contributed by atoms with Crippen LogP contribution in [0.25, 0.3) is 10.9 Å². The Balaban J connectivity index is 0.00000193. The summed E-state index contributed by atoms with van der Waals surface area (Å²) in [4.78, 5) is 6.21. The molecule has 6 rings (SSSR count). The van der Waals surface area contributed by atoms with E-state index in [0.29, 0.717) is 12.0 Å². The van der Waals surface area contributed by atoms with E-state index in [1.54, 1.807) is 0 Å². The number of hydrogen-bond donors (Lipinski definition) is 1. The number of aromatic nitrogens is 1. The molecule has 1 aromatic heterocycles. The van der Waals surface area contributed by atoms with E-state index in [-0.39, 0.29) is 24.0 Å². The molecule has 2 aliphatic heterocycles. The lowest BCUT2D eigenvalue weighted by atomic mass is 9.83. The highest BCUT2D eigenvalue weighted by Crippen LogP contribution is 2.43. The van der Waals surface area contributed by atoms with Crippen molar-refractivity contribution in [3.05, 3.63) is 102 Å². The Morgan fingerprint density at radius 2 is 1.53 bits per heavy atom. The van der Waals surface area contributed by atoms with Gasteiger partial charge in [-0.25, -0.2) is 4.90 Å². The number of benzene rings is 3. The zero-order valence-electron chi connectivity index (χ0n) is 16.7.